The van der Waals surface area contributed by atoms with E-state index in [-0.39, 0.29) is 5.78 Å². The van der Waals surface area contributed by atoms with Gasteiger partial charge < -0.3 is 11.5 Å². The summed E-state index contributed by atoms with van der Waals surface area (Å²) in [5, 5.41) is 0. The van der Waals surface area contributed by atoms with E-state index in [2.05, 4.69) is 6.92 Å². The zero-order valence-electron chi connectivity index (χ0n) is 9.87. The van der Waals surface area contributed by atoms with E-state index >= 15 is 0 Å². The average molecular weight is 213 g/mol. The Hall–Kier alpha value is -0.410. The van der Waals surface area contributed by atoms with E-state index in [1.807, 2.05) is 0 Å². The second-order valence-electron chi connectivity index (χ2n) is 4.05. The standard InChI is InChI=1S/C12H25N2O/c1-2-3-6-11(14)7-4-5-8-12(15)9-10-13/h9,11H,2-8,10,13-14H2,1H3. The minimum Gasteiger partial charge on any atom is -0.330 e. The lowest BCUT2D eigenvalue weighted by Gasteiger charge is -2.09. The van der Waals surface area contributed by atoms with Crippen molar-refractivity contribution >= 4 is 5.78 Å². The first-order valence-corrected chi connectivity index (χ1v) is 6.02. The molecule has 0 aliphatic rings. The summed E-state index contributed by atoms with van der Waals surface area (Å²) in [5.41, 5.74) is 11.2. The quantitative estimate of drug-likeness (QED) is 0.544. The third-order valence-electron chi connectivity index (χ3n) is 2.52. The second kappa shape index (κ2) is 10.1. The van der Waals surface area contributed by atoms with Gasteiger partial charge >= 0.3 is 0 Å². The lowest BCUT2D eigenvalue weighted by Crippen LogP contribution is -2.19. The maximum Gasteiger partial charge on any atom is 0.138 e. The zero-order chi connectivity index (χ0) is 11.5. The molecular formula is C12H25N2O. The van der Waals surface area contributed by atoms with Crippen molar-refractivity contribution in [3.05, 3.63) is 6.42 Å². The van der Waals surface area contributed by atoms with Gasteiger partial charge in [0.15, 0.2) is 0 Å². The molecule has 0 bridgehead atoms. The molecule has 3 nitrogen and oxygen atoms in total. The van der Waals surface area contributed by atoms with Crippen LogP contribution < -0.4 is 11.5 Å². The number of rotatable bonds is 10. The lowest BCUT2D eigenvalue weighted by molar-refractivity contribution is -0.116. The molecule has 0 spiro atoms. The molecule has 0 heterocycles. The van der Waals surface area contributed by atoms with Crippen LogP contribution in [-0.4, -0.2) is 18.4 Å². The molecule has 3 heteroatoms. The predicted octanol–water partition coefficient (Wildman–Crippen LogP) is 1.80. The van der Waals surface area contributed by atoms with Gasteiger partial charge in [0.25, 0.3) is 0 Å². The first-order chi connectivity index (χ1) is 7.20. The maximum atomic E-state index is 11.1. The van der Waals surface area contributed by atoms with Crippen LogP contribution in [0.1, 0.15) is 51.9 Å². The summed E-state index contributed by atoms with van der Waals surface area (Å²) in [6, 6.07) is 0.318. The first-order valence-electron chi connectivity index (χ1n) is 6.02. The summed E-state index contributed by atoms with van der Waals surface area (Å²) in [6.45, 7) is 2.53. The Morgan fingerprint density at radius 3 is 2.53 bits per heavy atom. The topological polar surface area (TPSA) is 69.1 Å². The summed E-state index contributed by atoms with van der Waals surface area (Å²) in [5.74, 6) is 0.166. The Morgan fingerprint density at radius 2 is 1.93 bits per heavy atom. The molecule has 0 saturated carbocycles. The largest absolute Gasteiger partial charge is 0.330 e. The van der Waals surface area contributed by atoms with Gasteiger partial charge in [0.2, 0.25) is 0 Å². The van der Waals surface area contributed by atoms with Crippen molar-refractivity contribution < 1.29 is 4.79 Å². The highest BCUT2D eigenvalue weighted by Crippen LogP contribution is 2.08. The summed E-state index contributed by atoms with van der Waals surface area (Å²) < 4.78 is 0. The molecule has 0 amide bonds. The van der Waals surface area contributed by atoms with Crippen LogP contribution in [0.25, 0.3) is 0 Å². The first kappa shape index (κ1) is 14.6. The van der Waals surface area contributed by atoms with Gasteiger partial charge in [-0.1, -0.05) is 26.2 Å². The summed E-state index contributed by atoms with van der Waals surface area (Å²) >= 11 is 0. The number of carbonyl (C=O) groups is 1. The van der Waals surface area contributed by atoms with Gasteiger partial charge in [0, 0.05) is 25.4 Å². The summed E-state index contributed by atoms with van der Waals surface area (Å²) in [7, 11) is 0. The number of hydrogen-bond donors (Lipinski definition) is 2. The molecule has 0 aromatic carbocycles. The molecular weight excluding hydrogens is 188 g/mol. The lowest BCUT2D eigenvalue weighted by atomic mass is 10.0. The van der Waals surface area contributed by atoms with Crippen molar-refractivity contribution in [3.63, 3.8) is 0 Å². The highest BCUT2D eigenvalue weighted by Gasteiger charge is 2.03. The van der Waals surface area contributed by atoms with Gasteiger partial charge in [-0.2, -0.15) is 0 Å². The van der Waals surface area contributed by atoms with Crippen molar-refractivity contribution in [3.8, 4) is 0 Å². The van der Waals surface area contributed by atoms with E-state index in [1.165, 1.54) is 12.8 Å². The van der Waals surface area contributed by atoms with Gasteiger partial charge in [-0.25, -0.2) is 0 Å². The highest BCUT2D eigenvalue weighted by molar-refractivity contribution is 5.86. The van der Waals surface area contributed by atoms with Crippen LogP contribution in [0, 0.1) is 6.42 Å². The molecule has 0 rings (SSSR count). The van der Waals surface area contributed by atoms with Crippen LogP contribution in [0.15, 0.2) is 0 Å². The Balaban J connectivity index is 3.26. The van der Waals surface area contributed by atoms with Gasteiger partial charge in [-0.05, 0) is 19.3 Å². The number of carbonyl (C=O) groups excluding carboxylic acids is 1. The molecule has 89 valence electrons. The van der Waals surface area contributed by atoms with E-state index in [0.29, 0.717) is 19.0 Å². The van der Waals surface area contributed by atoms with Crippen LogP contribution in [0.3, 0.4) is 0 Å². The van der Waals surface area contributed by atoms with Gasteiger partial charge in [0.05, 0.1) is 0 Å². The monoisotopic (exact) mass is 213 g/mol. The molecule has 1 unspecified atom stereocenters. The molecule has 1 radical (unpaired) electrons. The molecule has 0 aliphatic heterocycles. The Labute approximate surface area is 93.6 Å². The highest BCUT2D eigenvalue weighted by atomic mass is 16.1. The Morgan fingerprint density at radius 1 is 1.27 bits per heavy atom. The third kappa shape index (κ3) is 9.88. The molecule has 0 aromatic rings. The Bertz CT molecular complexity index is 160. The second-order valence-corrected chi connectivity index (χ2v) is 4.05. The average Bonchev–Trinajstić information content (AvgIpc) is 2.22. The third-order valence-corrected chi connectivity index (χ3v) is 2.52. The normalized spacial score (nSPS) is 12.7. The smallest absolute Gasteiger partial charge is 0.138 e. The fourth-order valence-electron chi connectivity index (χ4n) is 1.55. The van der Waals surface area contributed by atoms with Crippen LogP contribution in [-0.2, 0) is 4.79 Å². The van der Waals surface area contributed by atoms with Gasteiger partial charge in [-0.15, -0.1) is 0 Å². The number of Topliss-reactive ketones (excluding diaryl/α,β-unsaturated/α-hetero) is 1. The van der Waals surface area contributed by atoms with Crippen molar-refractivity contribution in [1.82, 2.24) is 0 Å². The van der Waals surface area contributed by atoms with Gasteiger partial charge in [0.1, 0.15) is 5.78 Å². The van der Waals surface area contributed by atoms with Crippen LogP contribution >= 0.6 is 0 Å². The van der Waals surface area contributed by atoms with E-state index < -0.39 is 0 Å². The van der Waals surface area contributed by atoms with E-state index in [0.717, 1.165) is 25.7 Å². The fraction of sp³-hybridized carbons (Fsp3) is 0.833. The van der Waals surface area contributed by atoms with Crippen molar-refractivity contribution in [2.75, 3.05) is 6.54 Å². The zero-order valence-corrected chi connectivity index (χ0v) is 9.87. The van der Waals surface area contributed by atoms with Crippen LogP contribution in [0.4, 0.5) is 0 Å². The fourth-order valence-corrected chi connectivity index (χ4v) is 1.55. The number of ketones is 1. The van der Waals surface area contributed by atoms with Crippen LogP contribution in [0.2, 0.25) is 0 Å². The van der Waals surface area contributed by atoms with E-state index in [9.17, 15) is 4.79 Å². The minimum atomic E-state index is 0.166. The van der Waals surface area contributed by atoms with Crippen molar-refractivity contribution in [2.45, 2.75) is 57.9 Å². The van der Waals surface area contributed by atoms with E-state index in [4.69, 9.17) is 11.5 Å². The number of nitrogens with two attached hydrogens (primary N) is 2. The summed E-state index contributed by atoms with van der Waals surface area (Å²) in [4.78, 5) is 11.1. The van der Waals surface area contributed by atoms with Crippen LogP contribution in [0.5, 0.6) is 0 Å². The molecule has 0 aliphatic carbocycles. The van der Waals surface area contributed by atoms with Crippen molar-refractivity contribution in [1.29, 1.82) is 0 Å². The maximum absolute atomic E-state index is 11.1. The SMILES string of the molecule is CCCCC(N)CCCCC(=O)[CH]CN. The van der Waals surface area contributed by atoms with E-state index in [1.54, 1.807) is 6.42 Å². The summed E-state index contributed by atoms with van der Waals surface area (Å²) in [6.07, 6.45) is 8.73. The molecule has 15 heavy (non-hydrogen) atoms. The predicted molar refractivity (Wildman–Crippen MR) is 64.3 cm³/mol. The Kier molecular flexibility index (Phi) is 9.84. The number of hydrogen-bond acceptors (Lipinski definition) is 3. The van der Waals surface area contributed by atoms with Gasteiger partial charge in [-0.3, -0.25) is 4.79 Å². The molecule has 0 saturated heterocycles. The molecule has 4 N–H and O–H groups in total. The minimum absolute atomic E-state index is 0.166. The molecule has 1 atom stereocenters. The number of unbranched alkanes of at least 4 members (excludes halogenated alkanes) is 2. The van der Waals surface area contributed by atoms with Crippen molar-refractivity contribution in [2.24, 2.45) is 11.5 Å². The molecule has 0 aromatic heterocycles. The molecule has 0 fully saturated rings.